The molecule has 3 nitrogen and oxygen atoms in total. The Balaban J connectivity index is 5.13. The van der Waals surface area contributed by atoms with E-state index < -0.39 is 5.97 Å². The summed E-state index contributed by atoms with van der Waals surface area (Å²) in [5.41, 5.74) is 4.98. The monoisotopic (exact) mass is 175 g/mol. The number of hydrogen-bond acceptors (Lipinski definition) is 2. The maximum atomic E-state index is 10.5. The Morgan fingerprint density at radius 2 is 2.31 bits per heavy atom. The third-order valence-corrected chi connectivity index (χ3v) is 1.32. The van der Waals surface area contributed by atoms with Crippen molar-refractivity contribution in [2.75, 3.05) is 0 Å². The SMILES string of the molecule is C=C=C=C(C#N)C=C(CC)C(=O)O. The van der Waals surface area contributed by atoms with Crippen molar-refractivity contribution in [3.05, 3.63) is 35.3 Å². The Hall–Kier alpha value is -2.00. The molecule has 0 spiro atoms. The van der Waals surface area contributed by atoms with E-state index in [2.05, 4.69) is 18.0 Å². The summed E-state index contributed by atoms with van der Waals surface area (Å²) in [6.07, 6.45) is 1.62. The molecule has 0 fully saturated rings. The van der Waals surface area contributed by atoms with Crippen molar-refractivity contribution in [2.24, 2.45) is 0 Å². The van der Waals surface area contributed by atoms with E-state index in [-0.39, 0.29) is 11.1 Å². The van der Waals surface area contributed by atoms with Gasteiger partial charge in [0.25, 0.3) is 0 Å². The van der Waals surface area contributed by atoms with Gasteiger partial charge in [-0.1, -0.05) is 18.4 Å². The molecule has 13 heavy (non-hydrogen) atoms. The second-order valence-electron chi connectivity index (χ2n) is 2.16. The van der Waals surface area contributed by atoms with E-state index in [1.165, 1.54) is 6.08 Å². The van der Waals surface area contributed by atoms with Gasteiger partial charge in [-0.25, -0.2) is 4.79 Å². The van der Waals surface area contributed by atoms with Gasteiger partial charge in [-0.15, -0.1) is 0 Å². The maximum absolute atomic E-state index is 10.5. The Morgan fingerprint density at radius 1 is 1.69 bits per heavy atom. The van der Waals surface area contributed by atoms with Gasteiger partial charge in [0, 0.05) is 5.57 Å². The van der Waals surface area contributed by atoms with Crippen LogP contribution in [0.3, 0.4) is 0 Å². The lowest BCUT2D eigenvalue weighted by molar-refractivity contribution is -0.132. The largest absolute Gasteiger partial charge is 0.478 e. The van der Waals surface area contributed by atoms with Gasteiger partial charge in [0.15, 0.2) is 0 Å². The van der Waals surface area contributed by atoms with Crippen molar-refractivity contribution in [1.82, 2.24) is 0 Å². The van der Waals surface area contributed by atoms with Crippen LogP contribution in [-0.4, -0.2) is 11.1 Å². The van der Waals surface area contributed by atoms with E-state index in [1.54, 1.807) is 13.0 Å². The molecule has 0 saturated carbocycles. The van der Waals surface area contributed by atoms with Crippen molar-refractivity contribution in [1.29, 1.82) is 5.26 Å². The second-order valence-corrected chi connectivity index (χ2v) is 2.16. The van der Waals surface area contributed by atoms with Gasteiger partial charge < -0.3 is 5.11 Å². The number of carbonyl (C=O) groups is 1. The number of hydrogen-bond donors (Lipinski definition) is 1. The molecule has 0 aliphatic heterocycles. The first-order valence-electron chi connectivity index (χ1n) is 3.64. The van der Waals surface area contributed by atoms with E-state index in [0.717, 1.165) is 0 Å². The fraction of sp³-hybridized carbons (Fsp3) is 0.200. The summed E-state index contributed by atoms with van der Waals surface area (Å²) < 4.78 is 0. The molecule has 3 heteroatoms. The van der Waals surface area contributed by atoms with Gasteiger partial charge in [0.2, 0.25) is 0 Å². The van der Waals surface area contributed by atoms with Crippen LogP contribution in [0.15, 0.2) is 35.3 Å². The van der Waals surface area contributed by atoms with Gasteiger partial charge in [-0.05, 0) is 19.1 Å². The van der Waals surface area contributed by atoms with Crippen molar-refractivity contribution >= 4 is 5.97 Å². The summed E-state index contributed by atoms with van der Waals surface area (Å²) in [5.74, 6) is -1.03. The molecule has 0 aromatic heterocycles. The molecule has 0 aromatic carbocycles. The predicted molar refractivity (Wildman–Crippen MR) is 47.8 cm³/mol. The summed E-state index contributed by atoms with van der Waals surface area (Å²) in [5, 5.41) is 17.2. The van der Waals surface area contributed by atoms with Crippen LogP contribution < -0.4 is 0 Å². The fourth-order valence-corrected chi connectivity index (χ4v) is 0.681. The highest BCUT2D eigenvalue weighted by molar-refractivity contribution is 5.87. The van der Waals surface area contributed by atoms with Gasteiger partial charge in [0.1, 0.15) is 11.6 Å². The first-order valence-corrected chi connectivity index (χ1v) is 3.64. The summed E-state index contributed by atoms with van der Waals surface area (Å²) in [7, 11) is 0. The van der Waals surface area contributed by atoms with Gasteiger partial charge in [-0.3, -0.25) is 0 Å². The highest BCUT2D eigenvalue weighted by atomic mass is 16.4. The Bertz CT molecular complexity index is 359. The number of rotatable bonds is 3. The third-order valence-electron chi connectivity index (χ3n) is 1.32. The molecule has 0 atom stereocenters. The number of carboxylic acids is 1. The molecule has 0 aliphatic rings. The summed E-state index contributed by atoms with van der Waals surface area (Å²) in [4.78, 5) is 10.5. The van der Waals surface area contributed by atoms with E-state index in [4.69, 9.17) is 10.4 Å². The molecule has 0 radical (unpaired) electrons. The topological polar surface area (TPSA) is 61.1 Å². The van der Waals surface area contributed by atoms with Crippen LogP contribution in [0.4, 0.5) is 0 Å². The summed E-state index contributed by atoms with van der Waals surface area (Å²) in [6.45, 7) is 4.94. The molecular weight excluding hydrogens is 166 g/mol. The standard InChI is InChI=1S/C10H9NO2/c1-3-5-8(7-11)6-9(4-2)10(12)13/h6H,1,4H2,2H3,(H,12,13). The zero-order valence-corrected chi connectivity index (χ0v) is 7.29. The molecule has 0 aliphatic carbocycles. The second kappa shape index (κ2) is 5.62. The molecule has 0 saturated heterocycles. The van der Waals surface area contributed by atoms with Crippen LogP contribution in [0.5, 0.6) is 0 Å². The summed E-state index contributed by atoms with van der Waals surface area (Å²) >= 11 is 0. The number of nitriles is 1. The first kappa shape index (κ1) is 11.0. The minimum Gasteiger partial charge on any atom is -0.478 e. The van der Waals surface area contributed by atoms with Gasteiger partial charge >= 0.3 is 5.97 Å². The molecular formula is C10H9NO2. The van der Waals surface area contributed by atoms with Crippen molar-refractivity contribution < 1.29 is 9.90 Å². The van der Waals surface area contributed by atoms with E-state index in [9.17, 15) is 4.79 Å². The number of allylic oxidation sites excluding steroid dienone is 2. The van der Waals surface area contributed by atoms with Crippen LogP contribution in [0.25, 0.3) is 0 Å². The van der Waals surface area contributed by atoms with Gasteiger partial charge in [-0.2, -0.15) is 5.26 Å². The maximum Gasteiger partial charge on any atom is 0.331 e. The van der Waals surface area contributed by atoms with Crippen molar-refractivity contribution in [3.63, 3.8) is 0 Å². The molecule has 66 valence electrons. The Labute approximate surface area is 76.6 Å². The van der Waals surface area contributed by atoms with Crippen LogP contribution >= 0.6 is 0 Å². The van der Waals surface area contributed by atoms with Crippen LogP contribution in [0, 0.1) is 11.3 Å². The van der Waals surface area contributed by atoms with E-state index in [1.807, 2.05) is 0 Å². The zero-order chi connectivity index (χ0) is 10.3. The normalized spacial score (nSPS) is 9.38. The van der Waals surface area contributed by atoms with E-state index in [0.29, 0.717) is 6.42 Å². The van der Waals surface area contributed by atoms with Gasteiger partial charge in [0.05, 0.1) is 0 Å². The minimum atomic E-state index is -1.03. The molecule has 1 N–H and O–H groups in total. The lowest BCUT2D eigenvalue weighted by Gasteiger charge is -1.93. The lowest BCUT2D eigenvalue weighted by atomic mass is 10.1. The Kier molecular flexibility index (Phi) is 4.76. The van der Waals surface area contributed by atoms with Crippen LogP contribution in [-0.2, 0) is 4.79 Å². The molecule has 0 amide bonds. The molecule has 0 unspecified atom stereocenters. The Morgan fingerprint density at radius 3 is 2.62 bits per heavy atom. The lowest BCUT2D eigenvalue weighted by Crippen LogP contribution is -1.99. The van der Waals surface area contributed by atoms with Crippen LogP contribution in [0.2, 0.25) is 0 Å². The van der Waals surface area contributed by atoms with Crippen molar-refractivity contribution in [3.8, 4) is 6.07 Å². The molecule has 0 aromatic rings. The smallest absolute Gasteiger partial charge is 0.331 e. The number of aliphatic carboxylic acids is 1. The minimum absolute atomic E-state index is 0.120. The molecule has 0 bridgehead atoms. The highest BCUT2D eigenvalue weighted by Gasteiger charge is 2.04. The fourth-order valence-electron chi connectivity index (χ4n) is 0.681. The van der Waals surface area contributed by atoms with E-state index >= 15 is 0 Å². The third kappa shape index (κ3) is 3.79. The van der Waals surface area contributed by atoms with Crippen molar-refractivity contribution in [2.45, 2.75) is 13.3 Å². The molecule has 0 heterocycles. The highest BCUT2D eigenvalue weighted by Crippen LogP contribution is 2.04. The van der Waals surface area contributed by atoms with Crippen LogP contribution in [0.1, 0.15) is 13.3 Å². The molecule has 0 rings (SSSR count). The quantitative estimate of drug-likeness (QED) is 0.308. The zero-order valence-electron chi connectivity index (χ0n) is 7.29. The number of nitrogens with zero attached hydrogens (tertiary/aromatic N) is 1. The number of carboxylic acid groups (broad SMARTS) is 1. The summed E-state index contributed by atoms with van der Waals surface area (Å²) in [6, 6.07) is 1.79. The first-order chi connectivity index (χ1) is 6.15. The predicted octanol–water partition coefficient (Wildman–Crippen LogP) is 1.80. The average molecular weight is 175 g/mol. The average Bonchev–Trinajstić information content (AvgIpc) is 2.11.